The molecule has 2 aliphatic heterocycles. The fourth-order valence-electron chi connectivity index (χ4n) is 5.38. The van der Waals surface area contributed by atoms with Gasteiger partial charge in [-0.3, -0.25) is 4.79 Å². The number of ether oxygens (including phenoxy) is 3. The van der Waals surface area contributed by atoms with E-state index in [4.69, 9.17) is 14.2 Å². The van der Waals surface area contributed by atoms with Crippen molar-refractivity contribution in [2.75, 3.05) is 13.7 Å². The molecule has 176 valence electrons. The molecular formula is C23H38N2O6. The lowest BCUT2D eigenvalue weighted by Gasteiger charge is -2.35. The van der Waals surface area contributed by atoms with E-state index < -0.39 is 29.7 Å². The van der Waals surface area contributed by atoms with Crippen LogP contribution in [0.25, 0.3) is 0 Å². The number of esters is 1. The zero-order valence-corrected chi connectivity index (χ0v) is 19.7. The Kier molecular flexibility index (Phi) is 6.89. The van der Waals surface area contributed by atoms with Crippen molar-refractivity contribution in [2.45, 2.75) is 103 Å². The van der Waals surface area contributed by atoms with Gasteiger partial charge in [-0.1, -0.05) is 19.3 Å². The SMILES string of the molecule is COC(=O)[C@@H]1[C@H]2CC(C)(C)OC2CN1C(=O)[C@@H](NC(=O)OC(C)(C)C)C1CCCCC1. The first-order valence-electron chi connectivity index (χ1n) is 11.5. The minimum absolute atomic E-state index is 0.0184. The standard InChI is InChI=1S/C23H38N2O6/c1-22(2,3)31-21(28)24-17(14-10-8-7-9-11-14)19(26)25-13-16-15(12-23(4,5)30-16)18(25)20(27)29-6/h14-18H,7-13H2,1-6H3,(H,24,28)/t15-,16?,17-,18-/m0/s1. The highest BCUT2D eigenvalue weighted by molar-refractivity contribution is 5.91. The van der Waals surface area contributed by atoms with Crippen molar-refractivity contribution in [3.8, 4) is 0 Å². The molecule has 8 heteroatoms. The monoisotopic (exact) mass is 438 g/mol. The minimum Gasteiger partial charge on any atom is -0.467 e. The summed E-state index contributed by atoms with van der Waals surface area (Å²) in [7, 11) is 1.34. The van der Waals surface area contributed by atoms with Crippen LogP contribution in [0.3, 0.4) is 0 Å². The number of hydrogen-bond donors (Lipinski definition) is 1. The van der Waals surface area contributed by atoms with Crippen LogP contribution >= 0.6 is 0 Å². The average Bonchev–Trinajstić information content (AvgIpc) is 3.15. The number of nitrogens with zero attached hydrogens (tertiary/aromatic N) is 1. The van der Waals surface area contributed by atoms with Crippen LogP contribution in [0, 0.1) is 11.8 Å². The predicted molar refractivity (Wildman–Crippen MR) is 114 cm³/mol. The maximum absolute atomic E-state index is 13.8. The fourth-order valence-corrected chi connectivity index (χ4v) is 5.38. The van der Waals surface area contributed by atoms with E-state index in [2.05, 4.69) is 5.32 Å². The van der Waals surface area contributed by atoms with E-state index in [1.807, 2.05) is 13.8 Å². The highest BCUT2D eigenvalue weighted by Gasteiger charge is 2.56. The lowest BCUT2D eigenvalue weighted by Crippen LogP contribution is -2.56. The summed E-state index contributed by atoms with van der Waals surface area (Å²) in [5, 5.41) is 2.83. The summed E-state index contributed by atoms with van der Waals surface area (Å²) in [6.07, 6.45) is 4.75. The Morgan fingerprint density at radius 2 is 1.77 bits per heavy atom. The van der Waals surface area contributed by atoms with Crippen LogP contribution in [-0.2, 0) is 23.8 Å². The van der Waals surface area contributed by atoms with Gasteiger partial charge in [-0.15, -0.1) is 0 Å². The van der Waals surface area contributed by atoms with Gasteiger partial charge in [-0.2, -0.15) is 0 Å². The molecule has 3 aliphatic rings. The smallest absolute Gasteiger partial charge is 0.408 e. The Labute approximate surface area is 185 Å². The molecule has 3 fully saturated rings. The number of rotatable bonds is 4. The summed E-state index contributed by atoms with van der Waals surface area (Å²) < 4.78 is 16.6. The third-order valence-electron chi connectivity index (χ3n) is 6.58. The van der Waals surface area contributed by atoms with Crippen molar-refractivity contribution in [3.05, 3.63) is 0 Å². The Balaban J connectivity index is 1.83. The quantitative estimate of drug-likeness (QED) is 0.678. The summed E-state index contributed by atoms with van der Waals surface area (Å²) >= 11 is 0. The number of fused-ring (bicyclic) bond motifs is 1. The number of alkyl carbamates (subject to hydrolysis) is 1. The van der Waals surface area contributed by atoms with E-state index in [1.54, 1.807) is 25.7 Å². The summed E-state index contributed by atoms with van der Waals surface area (Å²) in [6.45, 7) is 9.70. The number of likely N-dealkylation sites (tertiary alicyclic amines) is 1. The average molecular weight is 439 g/mol. The third kappa shape index (κ3) is 5.51. The van der Waals surface area contributed by atoms with Crippen LogP contribution in [0.5, 0.6) is 0 Å². The molecule has 0 aromatic carbocycles. The Morgan fingerprint density at radius 1 is 1.13 bits per heavy atom. The van der Waals surface area contributed by atoms with Crippen LogP contribution < -0.4 is 5.32 Å². The number of carbonyl (C=O) groups is 3. The first-order valence-corrected chi connectivity index (χ1v) is 11.5. The Morgan fingerprint density at radius 3 is 2.35 bits per heavy atom. The van der Waals surface area contributed by atoms with Gasteiger partial charge in [0.25, 0.3) is 0 Å². The van der Waals surface area contributed by atoms with Gasteiger partial charge < -0.3 is 24.4 Å². The second-order valence-corrected chi connectivity index (χ2v) is 10.8. The molecule has 1 aliphatic carbocycles. The molecule has 3 rings (SSSR count). The van der Waals surface area contributed by atoms with E-state index in [9.17, 15) is 14.4 Å². The summed E-state index contributed by atoms with van der Waals surface area (Å²) in [4.78, 5) is 40.6. The molecule has 0 radical (unpaired) electrons. The van der Waals surface area contributed by atoms with E-state index in [1.165, 1.54) is 7.11 Å². The summed E-state index contributed by atoms with van der Waals surface area (Å²) in [6, 6.07) is -1.43. The van der Waals surface area contributed by atoms with Crippen LogP contribution in [0.4, 0.5) is 4.79 Å². The van der Waals surface area contributed by atoms with Gasteiger partial charge in [0.15, 0.2) is 0 Å². The van der Waals surface area contributed by atoms with Gasteiger partial charge in [0.1, 0.15) is 17.7 Å². The van der Waals surface area contributed by atoms with E-state index in [-0.39, 0.29) is 29.4 Å². The van der Waals surface area contributed by atoms with Crippen LogP contribution in [0.15, 0.2) is 0 Å². The van der Waals surface area contributed by atoms with E-state index >= 15 is 0 Å². The second-order valence-electron chi connectivity index (χ2n) is 10.8. The first kappa shape index (κ1) is 23.8. The number of hydrogen-bond acceptors (Lipinski definition) is 6. The number of amides is 2. The molecule has 2 amide bonds. The molecular weight excluding hydrogens is 400 g/mol. The molecule has 0 spiro atoms. The largest absolute Gasteiger partial charge is 0.467 e. The van der Waals surface area contributed by atoms with Crippen LogP contribution in [0.1, 0.15) is 73.1 Å². The predicted octanol–water partition coefficient (Wildman–Crippen LogP) is 3.03. The van der Waals surface area contributed by atoms with Crippen molar-refractivity contribution in [1.82, 2.24) is 10.2 Å². The molecule has 1 saturated carbocycles. The number of nitrogens with one attached hydrogen (secondary N) is 1. The molecule has 8 nitrogen and oxygen atoms in total. The van der Waals surface area contributed by atoms with Gasteiger partial charge in [0, 0.05) is 12.5 Å². The number of methoxy groups -OCH3 is 1. The van der Waals surface area contributed by atoms with Gasteiger partial charge in [0.05, 0.1) is 18.8 Å². The summed E-state index contributed by atoms with van der Waals surface area (Å²) in [5.74, 6) is -0.768. The molecule has 2 heterocycles. The maximum atomic E-state index is 13.8. The third-order valence-corrected chi connectivity index (χ3v) is 6.58. The molecule has 4 atom stereocenters. The lowest BCUT2D eigenvalue weighted by atomic mass is 9.83. The Hall–Kier alpha value is -1.83. The molecule has 0 bridgehead atoms. The second kappa shape index (κ2) is 8.96. The Bertz CT molecular complexity index is 695. The molecule has 0 aromatic rings. The molecule has 31 heavy (non-hydrogen) atoms. The topological polar surface area (TPSA) is 94.2 Å². The lowest BCUT2D eigenvalue weighted by molar-refractivity contribution is -0.154. The van der Waals surface area contributed by atoms with E-state index in [0.29, 0.717) is 13.0 Å². The van der Waals surface area contributed by atoms with Gasteiger partial charge in [-0.25, -0.2) is 9.59 Å². The van der Waals surface area contributed by atoms with Crippen molar-refractivity contribution in [1.29, 1.82) is 0 Å². The number of carbonyl (C=O) groups excluding carboxylic acids is 3. The first-order chi connectivity index (χ1) is 14.4. The minimum atomic E-state index is -0.728. The molecule has 2 saturated heterocycles. The van der Waals surface area contributed by atoms with Gasteiger partial charge in [0.2, 0.25) is 5.91 Å². The van der Waals surface area contributed by atoms with Gasteiger partial charge >= 0.3 is 12.1 Å². The molecule has 0 aromatic heterocycles. The molecule has 1 unspecified atom stereocenters. The van der Waals surface area contributed by atoms with E-state index in [0.717, 1.165) is 32.1 Å². The normalized spacial score (nSPS) is 29.2. The molecule has 1 N–H and O–H groups in total. The zero-order chi connectivity index (χ0) is 23.0. The zero-order valence-electron chi connectivity index (χ0n) is 19.7. The van der Waals surface area contributed by atoms with Crippen LogP contribution in [-0.4, -0.2) is 65.9 Å². The summed E-state index contributed by atoms with van der Waals surface area (Å²) in [5.41, 5.74) is -1.00. The maximum Gasteiger partial charge on any atom is 0.408 e. The highest BCUT2D eigenvalue weighted by atomic mass is 16.6. The van der Waals surface area contributed by atoms with Crippen molar-refractivity contribution in [3.63, 3.8) is 0 Å². The van der Waals surface area contributed by atoms with Crippen molar-refractivity contribution >= 4 is 18.0 Å². The highest BCUT2D eigenvalue weighted by Crippen LogP contribution is 2.43. The van der Waals surface area contributed by atoms with Gasteiger partial charge in [-0.05, 0) is 59.8 Å². The van der Waals surface area contributed by atoms with Crippen molar-refractivity contribution < 1.29 is 28.6 Å². The van der Waals surface area contributed by atoms with Crippen LogP contribution in [0.2, 0.25) is 0 Å². The fraction of sp³-hybridized carbons (Fsp3) is 0.870. The van der Waals surface area contributed by atoms with Crippen molar-refractivity contribution in [2.24, 2.45) is 11.8 Å².